The van der Waals surface area contributed by atoms with Gasteiger partial charge in [0.15, 0.2) is 5.78 Å². The molecule has 2 aromatic carbocycles. The van der Waals surface area contributed by atoms with Crippen molar-refractivity contribution in [2.24, 2.45) is 0 Å². The minimum atomic E-state index is -0.0886. The molecule has 104 valence electrons. The summed E-state index contributed by atoms with van der Waals surface area (Å²) >= 11 is 0. The van der Waals surface area contributed by atoms with Crippen molar-refractivity contribution in [2.75, 3.05) is 7.11 Å². The van der Waals surface area contributed by atoms with Crippen molar-refractivity contribution < 1.29 is 9.53 Å². The number of hydrogen-bond donors (Lipinski definition) is 1. The molecule has 3 rings (SSSR count). The molecule has 0 bridgehead atoms. The number of nitrogens with one attached hydrogen (secondary N) is 1. The molecule has 0 aliphatic heterocycles. The van der Waals surface area contributed by atoms with Crippen LogP contribution in [0.5, 0.6) is 5.75 Å². The van der Waals surface area contributed by atoms with Gasteiger partial charge in [-0.1, -0.05) is 24.3 Å². The van der Waals surface area contributed by atoms with Crippen LogP contribution in [0, 0.1) is 0 Å². The van der Waals surface area contributed by atoms with Crippen LogP contribution in [-0.4, -0.2) is 22.9 Å². The summed E-state index contributed by atoms with van der Waals surface area (Å²) in [5.41, 5.74) is 2.42. The summed E-state index contributed by atoms with van der Waals surface area (Å²) in [7, 11) is 1.58. The zero-order valence-electron chi connectivity index (χ0n) is 11.5. The van der Waals surface area contributed by atoms with Crippen molar-refractivity contribution in [1.82, 2.24) is 9.97 Å². The molecule has 0 unspecified atom stereocenters. The molecule has 3 aromatic rings. The molecule has 0 fully saturated rings. The third-order valence-corrected chi connectivity index (χ3v) is 3.15. The zero-order valence-corrected chi connectivity index (χ0v) is 11.5. The van der Waals surface area contributed by atoms with Gasteiger partial charge in [0.2, 0.25) is 0 Å². The minimum absolute atomic E-state index is 0.0886. The SMILES string of the molecule is COc1cccc(C(=O)/C=C/c2nc3ccccc3[nH]2)c1. The van der Waals surface area contributed by atoms with Crippen molar-refractivity contribution >= 4 is 22.9 Å². The lowest BCUT2D eigenvalue weighted by atomic mass is 10.1. The molecule has 0 atom stereocenters. The van der Waals surface area contributed by atoms with E-state index in [9.17, 15) is 4.79 Å². The Kier molecular flexibility index (Phi) is 3.51. The van der Waals surface area contributed by atoms with E-state index >= 15 is 0 Å². The summed E-state index contributed by atoms with van der Waals surface area (Å²) in [4.78, 5) is 19.7. The first-order valence-electron chi connectivity index (χ1n) is 6.57. The van der Waals surface area contributed by atoms with Gasteiger partial charge in [-0.25, -0.2) is 4.98 Å². The number of ketones is 1. The number of rotatable bonds is 4. The fourth-order valence-corrected chi connectivity index (χ4v) is 2.08. The van der Waals surface area contributed by atoms with E-state index < -0.39 is 0 Å². The first-order chi connectivity index (χ1) is 10.3. The molecule has 0 saturated heterocycles. The van der Waals surface area contributed by atoms with E-state index in [2.05, 4.69) is 9.97 Å². The Morgan fingerprint density at radius 1 is 1.19 bits per heavy atom. The molecular formula is C17H14N2O2. The Hall–Kier alpha value is -2.88. The topological polar surface area (TPSA) is 55.0 Å². The summed E-state index contributed by atoms with van der Waals surface area (Å²) in [6.45, 7) is 0. The maximum absolute atomic E-state index is 12.1. The molecule has 21 heavy (non-hydrogen) atoms. The van der Waals surface area contributed by atoms with Crippen molar-refractivity contribution in [3.05, 3.63) is 66.0 Å². The predicted molar refractivity (Wildman–Crippen MR) is 82.5 cm³/mol. The third-order valence-electron chi connectivity index (χ3n) is 3.15. The van der Waals surface area contributed by atoms with E-state index in [-0.39, 0.29) is 5.78 Å². The number of H-pyrrole nitrogens is 1. The number of allylic oxidation sites excluding steroid dienone is 1. The summed E-state index contributed by atoms with van der Waals surface area (Å²) in [6, 6.07) is 14.8. The maximum Gasteiger partial charge on any atom is 0.186 e. The fraction of sp³-hybridized carbons (Fsp3) is 0.0588. The zero-order chi connectivity index (χ0) is 14.7. The number of carbonyl (C=O) groups excluding carboxylic acids is 1. The van der Waals surface area contributed by atoms with Crippen molar-refractivity contribution in [2.45, 2.75) is 0 Å². The largest absolute Gasteiger partial charge is 0.497 e. The van der Waals surface area contributed by atoms with Crippen LogP contribution in [-0.2, 0) is 0 Å². The number of benzene rings is 2. The second-order valence-electron chi connectivity index (χ2n) is 4.57. The number of nitrogens with zero attached hydrogens (tertiary/aromatic N) is 1. The van der Waals surface area contributed by atoms with Crippen LogP contribution in [0.1, 0.15) is 16.2 Å². The number of hydrogen-bond acceptors (Lipinski definition) is 3. The molecule has 1 N–H and O–H groups in total. The van der Waals surface area contributed by atoms with Crippen LogP contribution >= 0.6 is 0 Å². The highest BCUT2D eigenvalue weighted by atomic mass is 16.5. The first kappa shape index (κ1) is 13.1. The summed E-state index contributed by atoms with van der Waals surface area (Å²) in [5.74, 6) is 1.24. The Labute approximate surface area is 122 Å². The van der Waals surface area contributed by atoms with Crippen LogP contribution in [0.3, 0.4) is 0 Å². The van der Waals surface area contributed by atoms with Crippen LogP contribution in [0.2, 0.25) is 0 Å². The Balaban J connectivity index is 1.82. The van der Waals surface area contributed by atoms with Gasteiger partial charge in [-0.2, -0.15) is 0 Å². The predicted octanol–water partition coefficient (Wildman–Crippen LogP) is 3.47. The molecule has 4 nitrogen and oxygen atoms in total. The van der Waals surface area contributed by atoms with E-state index in [1.807, 2.05) is 24.3 Å². The fourth-order valence-electron chi connectivity index (χ4n) is 2.08. The number of fused-ring (bicyclic) bond motifs is 1. The van der Waals surface area contributed by atoms with Crippen LogP contribution < -0.4 is 4.74 Å². The van der Waals surface area contributed by atoms with E-state index in [1.165, 1.54) is 6.08 Å². The van der Waals surface area contributed by atoms with Crippen LogP contribution in [0.25, 0.3) is 17.1 Å². The third kappa shape index (κ3) is 2.84. The second-order valence-corrected chi connectivity index (χ2v) is 4.57. The van der Waals surface area contributed by atoms with Gasteiger partial charge in [0.05, 0.1) is 18.1 Å². The van der Waals surface area contributed by atoms with E-state index in [0.29, 0.717) is 17.1 Å². The normalized spacial score (nSPS) is 11.1. The Bertz CT molecular complexity index is 785. The van der Waals surface area contributed by atoms with E-state index in [4.69, 9.17) is 4.74 Å². The van der Waals surface area contributed by atoms with Crippen molar-refractivity contribution in [3.8, 4) is 5.75 Å². The standard InChI is InChI=1S/C17H14N2O2/c1-21-13-6-4-5-12(11-13)16(20)9-10-17-18-14-7-2-3-8-15(14)19-17/h2-11H,1H3,(H,18,19)/b10-9+. The Morgan fingerprint density at radius 3 is 2.86 bits per heavy atom. The number of para-hydroxylation sites is 2. The molecule has 1 aromatic heterocycles. The summed E-state index contributed by atoms with van der Waals surface area (Å²) in [5, 5.41) is 0. The number of ether oxygens (including phenoxy) is 1. The average Bonchev–Trinajstić information content (AvgIpc) is 2.95. The lowest BCUT2D eigenvalue weighted by Crippen LogP contribution is -1.95. The first-order valence-corrected chi connectivity index (χ1v) is 6.57. The quantitative estimate of drug-likeness (QED) is 0.587. The number of aromatic nitrogens is 2. The minimum Gasteiger partial charge on any atom is -0.497 e. The highest BCUT2D eigenvalue weighted by Crippen LogP contribution is 2.14. The highest BCUT2D eigenvalue weighted by molar-refractivity contribution is 6.06. The van der Waals surface area contributed by atoms with Crippen LogP contribution in [0.15, 0.2) is 54.6 Å². The van der Waals surface area contributed by atoms with Crippen molar-refractivity contribution in [3.63, 3.8) is 0 Å². The molecule has 0 aliphatic carbocycles. The lowest BCUT2D eigenvalue weighted by Gasteiger charge is -2.00. The maximum atomic E-state index is 12.1. The molecule has 0 saturated carbocycles. The monoisotopic (exact) mass is 278 g/mol. The molecule has 1 heterocycles. The van der Waals surface area contributed by atoms with Gasteiger partial charge in [-0.15, -0.1) is 0 Å². The lowest BCUT2D eigenvalue weighted by molar-refractivity contribution is 0.104. The molecule has 4 heteroatoms. The Morgan fingerprint density at radius 2 is 2.05 bits per heavy atom. The highest BCUT2D eigenvalue weighted by Gasteiger charge is 2.04. The number of methoxy groups -OCH3 is 1. The molecule has 0 spiro atoms. The number of aromatic amines is 1. The van der Waals surface area contributed by atoms with E-state index in [1.54, 1.807) is 37.5 Å². The van der Waals surface area contributed by atoms with Gasteiger partial charge in [-0.3, -0.25) is 4.79 Å². The molecule has 0 radical (unpaired) electrons. The number of imidazole rings is 1. The molecular weight excluding hydrogens is 264 g/mol. The summed E-state index contributed by atoms with van der Waals surface area (Å²) < 4.78 is 5.11. The average molecular weight is 278 g/mol. The summed E-state index contributed by atoms with van der Waals surface area (Å²) in [6.07, 6.45) is 3.19. The van der Waals surface area contributed by atoms with E-state index in [0.717, 1.165) is 11.0 Å². The second kappa shape index (κ2) is 5.63. The smallest absolute Gasteiger partial charge is 0.186 e. The molecule has 0 amide bonds. The number of carbonyl (C=O) groups is 1. The van der Waals surface area contributed by atoms with Gasteiger partial charge in [0.25, 0.3) is 0 Å². The van der Waals surface area contributed by atoms with Gasteiger partial charge >= 0.3 is 0 Å². The van der Waals surface area contributed by atoms with Crippen molar-refractivity contribution in [1.29, 1.82) is 0 Å². The van der Waals surface area contributed by atoms with Gasteiger partial charge in [0.1, 0.15) is 11.6 Å². The van der Waals surface area contributed by atoms with Gasteiger partial charge < -0.3 is 9.72 Å². The van der Waals surface area contributed by atoms with Crippen LogP contribution in [0.4, 0.5) is 0 Å². The van der Waals surface area contributed by atoms with Gasteiger partial charge in [0, 0.05) is 5.56 Å². The molecule has 0 aliphatic rings. The van der Waals surface area contributed by atoms with Gasteiger partial charge in [-0.05, 0) is 36.4 Å².